The summed E-state index contributed by atoms with van der Waals surface area (Å²) >= 11 is 0. The molecule has 5 heteroatoms. The summed E-state index contributed by atoms with van der Waals surface area (Å²) in [6, 6.07) is 0. The molecule has 2 atom stereocenters. The maximum absolute atomic E-state index is 12.5. The standard InChI is InChI=1S/C26H54NO3P/c1-6-8-9-10-11-12-13-14-15-16-17-18-19-20-21-22-23-24-25-30-31(28,29)26(7-2)27(3,4)5/h8-9,26H,6-7,10-25H2,1-5H3/p+1/b9-8-. The maximum Gasteiger partial charge on any atom is 0.385 e. The van der Waals surface area contributed by atoms with Gasteiger partial charge in [0.15, 0.2) is 5.78 Å². The number of unbranched alkanes of at least 4 members (excludes halogenated alkanes) is 14. The van der Waals surface area contributed by atoms with Crippen LogP contribution in [0.3, 0.4) is 0 Å². The van der Waals surface area contributed by atoms with E-state index in [0.29, 0.717) is 17.5 Å². The molecule has 0 aromatic heterocycles. The van der Waals surface area contributed by atoms with Crippen LogP contribution in [-0.2, 0) is 9.09 Å². The van der Waals surface area contributed by atoms with Gasteiger partial charge in [-0.15, -0.1) is 0 Å². The minimum absolute atomic E-state index is 0.347. The second-order valence-electron chi connectivity index (χ2n) is 10.0. The summed E-state index contributed by atoms with van der Waals surface area (Å²) in [6.45, 7) is 4.55. The summed E-state index contributed by atoms with van der Waals surface area (Å²) in [5.41, 5.74) is 0. The summed E-state index contributed by atoms with van der Waals surface area (Å²) in [7, 11) is 2.31. The van der Waals surface area contributed by atoms with Crippen molar-refractivity contribution in [1.82, 2.24) is 0 Å². The van der Waals surface area contributed by atoms with Crippen molar-refractivity contribution in [1.29, 1.82) is 0 Å². The molecule has 0 rings (SSSR count). The number of quaternary nitrogens is 1. The number of hydrogen-bond acceptors (Lipinski definition) is 2. The molecule has 0 heterocycles. The van der Waals surface area contributed by atoms with Gasteiger partial charge in [0.1, 0.15) is 0 Å². The molecule has 186 valence electrons. The predicted molar refractivity (Wildman–Crippen MR) is 137 cm³/mol. The van der Waals surface area contributed by atoms with E-state index in [1.165, 1.54) is 89.9 Å². The normalized spacial score (nSPS) is 15.4. The lowest BCUT2D eigenvalue weighted by Gasteiger charge is -2.35. The molecule has 0 saturated heterocycles. The van der Waals surface area contributed by atoms with Gasteiger partial charge in [-0.3, -0.25) is 4.57 Å². The summed E-state index contributed by atoms with van der Waals surface area (Å²) < 4.78 is 18.4. The quantitative estimate of drug-likeness (QED) is 0.0763. The number of hydrogen-bond donors (Lipinski definition) is 1. The highest BCUT2D eigenvalue weighted by molar-refractivity contribution is 7.53. The zero-order chi connectivity index (χ0) is 23.4. The summed E-state index contributed by atoms with van der Waals surface area (Å²) in [6.07, 6.45) is 26.0. The number of rotatable bonds is 22. The third-order valence-electron chi connectivity index (χ3n) is 6.08. The smallest absolute Gasteiger partial charge is 0.320 e. The van der Waals surface area contributed by atoms with Crippen LogP contribution < -0.4 is 0 Å². The Morgan fingerprint density at radius 2 is 1.16 bits per heavy atom. The first-order valence-electron chi connectivity index (χ1n) is 13.2. The molecule has 0 saturated carbocycles. The molecule has 2 unspecified atom stereocenters. The lowest BCUT2D eigenvalue weighted by molar-refractivity contribution is -0.883. The van der Waals surface area contributed by atoms with E-state index in [0.717, 1.165) is 12.8 Å². The molecule has 0 bridgehead atoms. The fourth-order valence-corrected chi connectivity index (χ4v) is 6.17. The Morgan fingerprint density at radius 1 is 0.742 bits per heavy atom. The van der Waals surface area contributed by atoms with Crippen LogP contribution in [0, 0.1) is 0 Å². The Hall–Kier alpha value is -0.150. The monoisotopic (exact) mass is 460 g/mol. The minimum Gasteiger partial charge on any atom is -0.320 e. The van der Waals surface area contributed by atoms with Gasteiger partial charge in [0.05, 0.1) is 27.7 Å². The van der Waals surface area contributed by atoms with Crippen LogP contribution in [0.25, 0.3) is 0 Å². The fraction of sp³-hybridized carbons (Fsp3) is 0.923. The van der Waals surface area contributed by atoms with E-state index < -0.39 is 7.60 Å². The Bertz CT molecular complexity index is 474. The third-order valence-corrected chi connectivity index (χ3v) is 8.44. The van der Waals surface area contributed by atoms with Gasteiger partial charge < -0.3 is 13.9 Å². The molecule has 1 N–H and O–H groups in total. The molecule has 0 aromatic rings. The molecule has 0 aliphatic rings. The topological polar surface area (TPSA) is 46.5 Å². The van der Waals surface area contributed by atoms with Gasteiger partial charge in [-0.25, -0.2) is 0 Å². The van der Waals surface area contributed by atoms with Crippen molar-refractivity contribution < 1.29 is 18.5 Å². The average molecular weight is 461 g/mol. The van der Waals surface area contributed by atoms with Crippen molar-refractivity contribution >= 4 is 7.60 Å². The molecular weight excluding hydrogens is 405 g/mol. The highest BCUT2D eigenvalue weighted by Crippen LogP contribution is 2.51. The largest absolute Gasteiger partial charge is 0.385 e. The minimum atomic E-state index is -3.55. The van der Waals surface area contributed by atoms with E-state index in [2.05, 4.69) is 19.1 Å². The van der Waals surface area contributed by atoms with E-state index in [4.69, 9.17) is 4.52 Å². The molecule has 0 spiro atoms. The summed E-state index contributed by atoms with van der Waals surface area (Å²) in [5.74, 6) is -0.347. The first-order chi connectivity index (χ1) is 14.8. The van der Waals surface area contributed by atoms with E-state index in [-0.39, 0.29) is 5.78 Å². The van der Waals surface area contributed by atoms with Crippen LogP contribution >= 0.6 is 7.60 Å². The molecule has 31 heavy (non-hydrogen) atoms. The molecule has 4 nitrogen and oxygen atoms in total. The van der Waals surface area contributed by atoms with Crippen molar-refractivity contribution in [3.8, 4) is 0 Å². The Labute approximate surface area is 195 Å². The van der Waals surface area contributed by atoms with Gasteiger partial charge in [0.2, 0.25) is 0 Å². The van der Waals surface area contributed by atoms with Gasteiger partial charge in [-0.05, 0) is 25.7 Å². The van der Waals surface area contributed by atoms with Crippen molar-refractivity contribution in [3.05, 3.63) is 12.2 Å². The molecule has 0 aromatic carbocycles. The second kappa shape index (κ2) is 19.3. The number of allylic oxidation sites excluding steroid dienone is 2. The highest BCUT2D eigenvalue weighted by atomic mass is 31.2. The van der Waals surface area contributed by atoms with Gasteiger partial charge in [0.25, 0.3) is 0 Å². The van der Waals surface area contributed by atoms with Gasteiger partial charge >= 0.3 is 7.60 Å². The number of nitrogens with zero attached hydrogens (tertiary/aromatic N) is 1. The van der Waals surface area contributed by atoms with Gasteiger partial charge in [-0.1, -0.05) is 103 Å². The highest BCUT2D eigenvalue weighted by Gasteiger charge is 2.41. The fourth-order valence-electron chi connectivity index (χ4n) is 4.27. The Balaban J connectivity index is 3.42. The van der Waals surface area contributed by atoms with Crippen LogP contribution in [0.15, 0.2) is 12.2 Å². The Kier molecular flexibility index (Phi) is 19.2. The van der Waals surface area contributed by atoms with Gasteiger partial charge in [-0.2, -0.15) is 0 Å². The van der Waals surface area contributed by atoms with Crippen molar-refractivity contribution in [2.24, 2.45) is 0 Å². The van der Waals surface area contributed by atoms with E-state index in [9.17, 15) is 9.46 Å². The van der Waals surface area contributed by atoms with Crippen LogP contribution in [0.2, 0.25) is 0 Å². The lowest BCUT2D eigenvalue weighted by Crippen LogP contribution is -2.44. The van der Waals surface area contributed by atoms with Crippen LogP contribution in [0.1, 0.15) is 123 Å². The van der Waals surface area contributed by atoms with Crippen molar-refractivity contribution in [2.75, 3.05) is 27.7 Å². The SMILES string of the molecule is CC/C=C\CCCCCCCCCCCCCCCCOP(=O)(O)C(CC)[N+](C)(C)C. The predicted octanol–water partition coefficient (Wildman–Crippen LogP) is 8.45. The van der Waals surface area contributed by atoms with Crippen LogP contribution in [0.5, 0.6) is 0 Å². The lowest BCUT2D eigenvalue weighted by atomic mass is 10.0. The van der Waals surface area contributed by atoms with Crippen molar-refractivity contribution in [2.45, 2.75) is 129 Å². The molecule has 0 aliphatic carbocycles. The second-order valence-corrected chi connectivity index (χ2v) is 12.0. The Morgan fingerprint density at radius 3 is 1.55 bits per heavy atom. The van der Waals surface area contributed by atoms with E-state index >= 15 is 0 Å². The van der Waals surface area contributed by atoms with Gasteiger partial charge in [0, 0.05) is 6.42 Å². The first-order valence-corrected chi connectivity index (χ1v) is 14.8. The zero-order valence-corrected chi connectivity index (χ0v) is 22.5. The molecule has 0 fully saturated rings. The average Bonchev–Trinajstić information content (AvgIpc) is 2.68. The van der Waals surface area contributed by atoms with Crippen LogP contribution in [0.4, 0.5) is 0 Å². The van der Waals surface area contributed by atoms with Crippen LogP contribution in [-0.4, -0.2) is 42.9 Å². The maximum atomic E-state index is 12.5. The molecule has 0 amide bonds. The van der Waals surface area contributed by atoms with Crippen molar-refractivity contribution in [3.63, 3.8) is 0 Å². The molecule has 0 aliphatic heterocycles. The molecular formula is C26H55NO3P+. The van der Waals surface area contributed by atoms with E-state index in [1.807, 2.05) is 28.1 Å². The van der Waals surface area contributed by atoms with E-state index in [1.54, 1.807) is 0 Å². The third kappa shape index (κ3) is 18.0. The zero-order valence-electron chi connectivity index (χ0n) is 21.6. The molecule has 0 radical (unpaired) electrons. The summed E-state index contributed by atoms with van der Waals surface area (Å²) in [5, 5.41) is 0. The first kappa shape index (κ1) is 30.9. The summed E-state index contributed by atoms with van der Waals surface area (Å²) in [4.78, 5) is 10.3.